The van der Waals surface area contributed by atoms with Crippen LogP contribution in [0.5, 0.6) is 0 Å². The highest BCUT2D eigenvalue weighted by Crippen LogP contribution is 2.41. The van der Waals surface area contributed by atoms with Gasteiger partial charge in [0, 0.05) is 63.1 Å². The molecule has 2 N–H and O–H groups in total. The summed E-state index contributed by atoms with van der Waals surface area (Å²) >= 11 is 0. The number of nitrogens with one attached hydrogen (secondary N) is 2. The van der Waals surface area contributed by atoms with Crippen molar-refractivity contribution in [2.24, 2.45) is 5.92 Å². The number of fused-ring (bicyclic) bond motifs is 1. The van der Waals surface area contributed by atoms with Gasteiger partial charge >= 0.3 is 0 Å². The maximum atomic E-state index is 14.3. The van der Waals surface area contributed by atoms with E-state index in [9.17, 15) is 4.79 Å². The van der Waals surface area contributed by atoms with Crippen LogP contribution in [-0.4, -0.2) is 78.7 Å². The zero-order chi connectivity index (χ0) is 25.9. The summed E-state index contributed by atoms with van der Waals surface area (Å²) in [5.41, 5.74) is 5.78. The number of aromatic amines is 1. The number of H-pyrrole nitrogens is 1. The molecular formula is C30H38N6O2. The van der Waals surface area contributed by atoms with Crippen LogP contribution < -0.4 is 10.2 Å². The first-order valence-electron chi connectivity index (χ1n) is 14.0. The molecule has 0 spiro atoms. The molecule has 3 aliphatic rings. The first kappa shape index (κ1) is 25.1. The Labute approximate surface area is 224 Å². The molecule has 0 bridgehead atoms. The number of hydrogen-bond donors (Lipinski definition) is 2. The van der Waals surface area contributed by atoms with Crippen molar-refractivity contribution in [3.8, 4) is 11.3 Å². The quantitative estimate of drug-likeness (QED) is 0.401. The van der Waals surface area contributed by atoms with Crippen molar-refractivity contribution < 1.29 is 9.53 Å². The Morgan fingerprint density at radius 3 is 2.87 bits per heavy atom. The number of anilines is 1. The van der Waals surface area contributed by atoms with E-state index in [0.717, 1.165) is 76.3 Å². The highest BCUT2D eigenvalue weighted by atomic mass is 16.5. The maximum absolute atomic E-state index is 14.3. The summed E-state index contributed by atoms with van der Waals surface area (Å²) in [5, 5.41) is 14.5. The molecule has 3 heterocycles. The third-order valence-electron chi connectivity index (χ3n) is 8.45. The number of carbonyl (C=O) groups excluding carboxylic acids is 1. The monoisotopic (exact) mass is 514 g/mol. The van der Waals surface area contributed by atoms with Gasteiger partial charge in [-0.3, -0.25) is 4.79 Å². The molecule has 38 heavy (non-hydrogen) atoms. The van der Waals surface area contributed by atoms with E-state index in [0.29, 0.717) is 17.9 Å². The second-order valence-electron chi connectivity index (χ2n) is 11.0. The number of methoxy groups -OCH3 is 1. The molecular weight excluding hydrogens is 476 g/mol. The van der Waals surface area contributed by atoms with E-state index in [1.54, 1.807) is 13.3 Å². The minimum absolute atomic E-state index is 0.0636. The summed E-state index contributed by atoms with van der Waals surface area (Å²) < 4.78 is 5.30. The van der Waals surface area contributed by atoms with Gasteiger partial charge < -0.3 is 19.9 Å². The summed E-state index contributed by atoms with van der Waals surface area (Å²) in [4.78, 5) is 19.0. The van der Waals surface area contributed by atoms with Crippen LogP contribution in [0, 0.1) is 5.92 Å². The number of rotatable bonds is 10. The smallest absolute Gasteiger partial charge is 0.227 e. The van der Waals surface area contributed by atoms with Crippen LogP contribution in [0.4, 0.5) is 5.69 Å². The van der Waals surface area contributed by atoms with Crippen LogP contribution in [-0.2, 0) is 9.53 Å². The SMILES string of the molecule is COCCCN1CC(CN(C(=O)[C@H]2CNCC[C@@H]2c2cccc(-c3cn[nH]n3)c2)C2CC2)c2ccccc21. The van der Waals surface area contributed by atoms with Gasteiger partial charge in [-0.2, -0.15) is 15.4 Å². The Kier molecular flexibility index (Phi) is 7.42. The predicted molar refractivity (Wildman–Crippen MR) is 148 cm³/mol. The van der Waals surface area contributed by atoms with E-state index >= 15 is 0 Å². The number of aromatic nitrogens is 3. The highest BCUT2D eigenvalue weighted by molar-refractivity contribution is 5.81. The number of carbonyl (C=O) groups is 1. The van der Waals surface area contributed by atoms with E-state index in [1.165, 1.54) is 16.8 Å². The van der Waals surface area contributed by atoms with Crippen LogP contribution in [0.1, 0.15) is 48.6 Å². The van der Waals surface area contributed by atoms with Gasteiger partial charge in [-0.25, -0.2) is 0 Å². The molecule has 1 aromatic heterocycles. The highest BCUT2D eigenvalue weighted by Gasteiger charge is 2.42. The van der Waals surface area contributed by atoms with E-state index in [-0.39, 0.29) is 11.8 Å². The molecule has 8 nitrogen and oxygen atoms in total. The Hall–Kier alpha value is -3.23. The number of para-hydroxylation sites is 1. The second-order valence-corrected chi connectivity index (χ2v) is 11.0. The fourth-order valence-corrected chi connectivity index (χ4v) is 6.39. The lowest BCUT2D eigenvalue weighted by Crippen LogP contribution is -2.48. The Morgan fingerprint density at radius 1 is 1.16 bits per heavy atom. The van der Waals surface area contributed by atoms with E-state index in [1.807, 2.05) is 0 Å². The minimum atomic E-state index is -0.0636. The van der Waals surface area contributed by atoms with Gasteiger partial charge in [0.25, 0.3) is 0 Å². The Morgan fingerprint density at radius 2 is 2.05 bits per heavy atom. The van der Waals surface area contributed by atoms with Gasteiger partial charge in [0.15, 0.2) is 0 Å². The van der Waals surface area contributed by atoms with Gasteiger partial charge in [-0.05, 0) is 61.4 Å². The maximum Gasteiger partial charge on any atom is 0.227 e. The average molecular weight is 515 g/mol. The zero-order valence-electron chi connectivity index (χ0n) is 22.2. The van der Waals surface area contributed by atoms with E-state index < -0.39 is 0 Å². The van der Waals surface area contributed by atoms with Crippen molar-refractivity contribution in [1.82, 2.24) is 25.6 Å². The summed E-state index contributed by atoms with van der Waals surface area (Å²) in [6.07, 6.45) is 5.94. The molecule has 200 valence electrons. The van der Waals surface area contributed by atoms with E-state index in [4.69, 9.17) is 4.74 Å². The molecule has 1 saturated carbocycles. The fraction of sp³-hybridized carbons (Fsp3) is 0.500. The molecule has 1 amide bonds. The molecule has 8 heteroatoms. The number of ether oxygens (including phenoxy) is 1. The van der Waals surface area contributed by atoms with Crippen molar-refractivity contribution in [3.63, 3.8) is 0 Å². The Bertz CT molecular complexity index is 1230. The largest absolute Gasteiger partial charge is 0.385 e. The van der Waals surface area contributed by atoms with Crippen LogP contribution in [0.2, 0.25) is 0 Å². The number of amides is 1. The minimum Gasteiger partial charge on any atom is -0.385 e. The van der Waals surface area contributed by atoms with Gasteiger partial charge in [0.05, 0.1) is 12.1 Å². The van der Waals surface area contributed by atoms with Crippen LogP contribution >= 0.6 is 0 Å². The Balaban J connectivity index is 1.22. The molecule has 2 aliphatic heterocycles. The third-order valence-corrected chi connectivity index (χ3v) is 8.45. The molecule has 1 saturated heterocycles. The van der Waals surface area contributed by atoms with Crippen molar-refractivity contribution in [2.75, 3.05) is 51.3 Å². The first-order chi connectivity index (χ1) is 18.7. The summed E-state index contributed by atoms with van der Waals surface area (Å²) in [6, 6.07) is 17.6. The fourth-order valence-electron chi connectivity index (χ4n) is 6.39. The van der Waals surface area contributed by atoms with Gasteiger partial charge in [0.2, 0.25) is 5.91 Å². The molecule has 1 aliphatic carbocycles. The second kappa shape index (κ2) is 11.3. The van der Waals surface area contributed by atoms with Crippen molar-refractivity contribution >= 4 is 11.6 Å². The number of benzene rings is 2. The summed E-state index contributed by atoms with van der Waals surface area (Å²) in [5.74, 6) is 0.778. The normalized spacial score (nSPS) is 22.9. The topological polar surface area (TPSA) is 86.4 Å². The molecule has 1 unspecified atom stereocenters. The number of nitrogens with zero attached hydrogens (tertiary/aromatic N) is 4. The van der Waals surface area contributed by atoms with Crippen LogP contribution in [0.25, 0.3) is 11.3 Å². The van der Waals surface area contributed by atoms with Gasteiger partial charge in [-0.15, -0.1) is 0 Å². The summed E-state index contributed by atoms with van der Waals surface area (Å²) in [6.45, 7) is 5.16. The lowest BCUT2D eigenvalue weighted by atomic mass is 9.79. The number of hydrogen-bond acceptors (Lipinski definition) is 6. The molecule has 6 rings (SSSR count). The molecule has 2 fully saturated rings. The molecule has 2 aromatic carbocycles. The van der Waals surface area contributed by atoms with E-state index in [2.05, 4.69) is 79.1 Å². The van der Waals surface area contributed by atoms with Crippen LogP contribution in [0.3, 0.4) is 0 Å². The van der Waals surface area contributed by atoms with Crippen molar-refractivity contribution in [3.05, 3.63) is 65.9 Å². The third kappa shape index (κ3) is 5.20. The van der Waals surface area contributed by atoms with Crippen LogP contribution in [0.15, 0.2) is 54.7 Å². The first-order valence-corrected chi connectivity index (χ1v) is 14.0. The lowest BCUT2D eigenvalue weighted by Gasteiger charge is -2.36. The number of piperidine rings is 1. The van der Waals surface area contributed by atoms with Crippen molar-refractivity contribution in [1.29, 1.82) is 0 Å². The lowest BCUT2D eigenvalue weighted by molar-refractivity contribution is -0.137. The standard InChI is InChI=1S/C30H38N6O2/c1-38-15-5-14-35-19-23(26-8-2-3-9-29(26)35)20-36(24-10-11-24)30(37)27-17-31-13-12-25(27)21-6-4-7-22(16-21)28-18-32-34-33-28/h2-4,6-9,16,18,23-25,27,31H,5,10-15,17,19-20H2,1H3,(H,32,33,34)/t23?,25-,27+/m1/s1. The zero-order valence-corrected chi connectivity index (χ0v) is 22.2. The van der Waals surface area contributed by atoms with Gasteiger partial charge in [-0.1, -0.05) is 36.4 Å². The molecule has 3 atom stereocenters. The molecule has 3 aromatic rings. The average Bonchev–Trinajstić information content (AvgIpc) is 3.53. The predicted octanol–water partition coefficient (Wildman–Crippen LogP) is 3.80. The van der Waals surface area contributed by atoms with Gasteiger partial charge in [0.1, 0.15) is 5.69 Å². The molecule has 0 radical (unpaired) electrons. The summed E-state index contributed by atoms with van der Waals surface area (Å²) in [7, 11) is 1.76. The van der Waals surface area contributed by atoms with Crippen molar-refractivity contribution in [2.45, 2.75) is 43.6 Å².